The molecule has 2 N–H and O–H groups in total. The number of rotatable bonds is 12. The molecule has 0 saturated heterocycles. The Labute approximate surface area is 160 Å². The number of hydrogen-bond acceptors (Lipinski definition) is 5. The van der Waals surface area contributed by atoms with Crippen LogP contribution in [0.2, 0.25) is 0 Å². The monoisotopic (exact) mass is 371 g/mol. The van der Waals surface area contributed by atoms with Crippen molar-refractivity contribution in [3.05, 3.63) is 0 Å². The molecule has 0 aromatic heterocycles. The molecule has 0 aromatic rings. The van der Waals surface area contributed by atoms with E-state index in [4.69, 9.17) is 17.9 Å². The molecule has 0 heterocycles. The van der Waals surface area contributed by atoms with Crippen LogP contribution >= 0.6 is 0 Å². The molecule has 0 amide bonds. The van der Waals surface area contributed by atoms with Gasteiger partial charge in [0.2, 0.25) is 0 Å². The summed E-state index contributed by atoms with van der Waals surface area (Å²) in [5, 5.41) is 0. The summed E-state index contributed by atoms with van der Waals surface area (Å²) in [5.74, 6) is 0. The molecule has 0 aliphatic rings. The van der Waals surface area contributed by atoms with Crippen LogP contribution in [0.1, 0.15) is 72.6 Å². The van der Waals surface area contributed by atoms with Crippen molar-refractivity contribution in [1.82, 2.24) is 0 Å². The van der Waals surface area contributed by atoms with E-state index < -0.39 is 21.8 Å². The zero-order chi connectivity index (χ0) is 16.6. The first-order valence-electron chi connectivity index (χ1n) is 7.19. The largest absolute Gasteiger partial charge is 1.00 e. The van der Waals surface area contributed by atoms with E-state index in [1.165, 1.54) is 44.9 Å². The molecule has 1 unspecified atom stereocenters. The fourth-order valence-electron chi connectivity index (χ4n) is 1.75. The Bertz CT molecular complexity index is 338. The molecule has 132 valence electrons. The van der Waals surface area contributed by atoms with Gasteiger partial charge in [0.1, 0.15) is 0 Å². The Morgan fingerprint density at radius 3 is 1.64 bits per heavy atom. The topological polar surface area (TPSA) is 124 Å². The Morgan fingerprint density at radius 1 is 1.00 bits per heavy atom. The van der Waals surface area contributed by atoms with E-state index in [9.17, 15) is 8.42 Å². The molecule has 1 atom stereocenters. The minimum atomic E-state index is -4.23. The van der Waals surface area contributed by atoms with Crippen LogP contribution < -0.4 is 29.6 Å². The molecule has 0 aliphatic heterocycles. The first kappa shape index (κ1) is 27.8. The zero-order valence-electron chi connectivity index (χ0n) is 14.5. The van der Waals surface area contributed by atoms with E-state index in [1.54, 1.807) is 0 Å². The van der Waals surface area contributed by atoms with Gasteiger partial charge < -0.3 is 10.5 Å². The molecular weight excluding hydrogens is 343 g/mol. The van der Waals surface area contributed by atoms with Crippen LogP contribution in [-0.2, 0) is 25.9 Å². The maximum Gasteiger partial charge on any atom is 1.00 e. The van der Waals surface area contributed by atoms with E-state index in [0.717, 1.165) is 12.8 Å². The summed E-state index contributed by atoms with van der Waals surface area (Å²) in [7, 11) is -4.23. The Hall–Kier alpha value is 0.940. The molecule has 0 spiro atoms. The summed E-state index contributed by atoms with van der Waals surface area (Å²) in [6.07, 6.45) is 11.9. The molecule has 0 aromatic carbocycles. The molecule has 0 radical (unpaired) electrons. The summed E-state index contributed by atoms with van der Waals surface area (Å²) in [6.45, 7) is 2.31. The second-order valence-electron chi connectivity index (χ2n) is 4.65. The third kappa shape index (κ3) is 37.3. The molecule has 0 aliphatic carbocycles. The van der Waals surface area contributed by atoms with Gasteiger partial charge in [0.25, 0.3) is 0 Å². The summed E-state index contributed by atoms with van der Waals surface area (Å²) < 4.78 is 57.1. The van der Waals surface area contributed by atoms with Crippen LogP contribution in [0.25, 0.3) is 0 Å². The van der Waals surface area contributed by atoms with Gasteiger partial charge >= 0.3 is 40.0 Å². The maximum atomic E-state index is 10.2. The first-order valence-corrected chi connectivity index (χ1v) is 9.59. The molecule has 22 heavy (non-hydrogen) atoms. The summed E-state index contributed by atoms with van der Waals surface area (Å²) in [4.78, 5) is 0. The average Bonchev–Trinajstić information content (AvgIpc) is 2.34. The van der Waals surface area contributed by atoms with Gasteiger partial charge in [-0.15, -0.1) is 0 Å². The molecule has 0 bridgehead atoms. The average molecular weight is 371 g/mol. The molecule has 0 rings (SSSR count). The van der Waals surface area contributed by atoms with Gasteiger partial charge in [0.05, 0.1) is 18.0 Å². The van der Waals surface area contributed by atoms with Crippen LogP contribution in [0.5, 0.6) is 0 Å². The van der Waals surface area contributed by atoms with Gasteiger partial charge in [-0.3, -0.25) is 4.55 Å². The SMILES string of the molecule is CCCCCCCCCCCCOS(=O)(=O)O.O=S([O-])O.[H-].[Na+]. The van der Waals surface area contributed by atoms with Gasteiger partial charge in [-0.25, -0.2) is 8.39 Å². The Kier molecular flexibility index (Phi) is 25.2. The van der Waals surface area contributed by atoms with Gasteiger partial charge in [0, 0.05) is 0 Å². The van der Waals surface area contributed by atoms with Crippen LogP contribution in [0.4, 0.5) is 0 Å². The van der Waals surface area contributed by atoms with Crippen molar-refractivity contribution in [3.8, 4) is 0 Å². The smallest absolute Gasteiger partial charge is 1.00 e. The molecule has 0 fully saturated rings. The second-order valence-corrected chi connectivity index (χ2v) is 6.17. The van der Waals surface area contributed by atoms with Crippen LogP contribution in [-0.4, -0.2) is 32.9 Å². The summed E-state index contributed by atoms with van der Waals surface area (Å²) >= 11 is -2.86. The van der Waals surface area contributed by atoms with Crippen LogP contribution in [0, 0.1) is 0 Å². The maximum absolute atomic E-state index is 10.2. The third-order valence-electron chi connectivity index (χ3n) is 2.73. The normalized spacial score (nSPS) is 12.0. The minimum absolute atomic E-state index is 0. The van der Waals surface area contributed by atoms with Crippen molar-refractivity contribution in [2.24, 2.45) is 0 Å². The Balaban J connectivity index is -0.000000268. The van der Waals surface area contributed by atoms with Crippen molar-refractivity contribution in [3.63, 3.8) is 0 Å². The van der Waals surface area contributed by atoms with Crippen molar-refractivity contribution in [1.29, 1.82) is 0 Å². The molecule has 7 nitrogen and oxygen atoms in total. The van der Waals surface area contributed by atoms with Crippen molar-refractivity contribution in [2.75, 3.05) is 6.61 Å². The van der Waals surface area contributed by atoms with Crippen molar-refractivity contribution >= 4 is 21.8 Å². The Morgan fingerprint density at radius 2 is 1.32 bits per heavy atom. The van der Waals surface area contributed by atoms with E-state index in [1.807, 2.05) is 0 Å². The van der Waals surface area contributed by atoms with Gasteiger partial charge in [-0.05, 0) is 6.42 Å². The summed E-state index contributed by atoms with van der Waals surface area (Å²) in [6, 6.07) is 0. The van der Waals surface area contributed by atoms with Crippen molar-refractivity contribution < 1.29 is 61.5 Å². The predicted molar refractivity (Wildman–Crippen MR) is 82.0 cm³/mol. The summed E-state index contributed by atoms with van der Waals surface area (Å²) in [5.41, 5.74) is 0. The van der Waals surface area contributed by atoms with Gasteiger partial charge in [-0.2, -0.15) is 8.42 Å². The predicted octanol–water partition coefficient (Wildman–Crippen LogP) is 0.182. The van der Waals surface area contributed by atoms with E-state index in [0.29, 0.717) is 6.42 Å². The van der Waals surface area contributed by atoms with E-state index >= 15 is 0 Å². The molecular formula is C12H28NaO7S2-. The number of unbranched alkanes of at least 4 members (excludes halogenated alkanes) is 9. The van der Waals surface area contributed by atoms with Crippen LogP contribution in [0.15, 0.2) is 0 Å². The van der Waals surface area contributed by atoms with E-state index in [2.05, 4.69) is 11.1 Å². The van der Waals surface area contributed by atoms with Gasteiger partial charge in [0.15, 0.2) is 0 Å². The fraction of sp³-hybridized carbons (Fsp3) is 1.00. The minimum Gasteiger partial charge on any atom is -1.00 e. The standard InChI is InChI=1S/C12H26O4S.Na.H2O3S.H/c1-2-3-4-5-6-7-8-9-10-11-12-16-17(13,14)15;;1-4(2)3;/h2-12H2,1H3,(H,13,14,15);;(H2,1,2,3);/q;+1;;-1/p-1. The molecule has 0 saturated carbocycles. The quantitative estimate of drug-likeness (QED) is 0.217. The van der Waals surface area contributed by atoms with Crippen molar-refractivity contribution in [2.45, 2.75) is 71.1 Å². The first-order chi connectivity index (χ1) is 9.79. The third-order valence-corrected chi connectivity index (χ3v) is 3.19. The van der Waals surface area contributed by atoms with E-state index in [-0.39, 0.29) is 37.6 Å². The number of hydrogen-bond donors (Lipinski definition) is 2. The van der Waals surface area contributed by atoms with Crippen LogP contribution in [0.3, 0.4) is 0 Å². The second kappa shape index (κ2) is 20.0. The fourth-order valence-corrected chi connectivity index (χ4v) is 2.08. The zero-order valence-corrected chi connectivity index (χ0v) is 17.2. The molecule has 10 heteroatoms. The van der Waals surface area contributed by atoms with Gasteiger partial charge in [-0.1, -0.05) is 64.7 Å².